The Labute approximate surface area is 188 Å². The standard InChI is InChI=1S/C26H54O4/c1-20(19-23(7,8)25(11,12)29-18-16-24(9,10)27)30-26(13,14)22(5,6)15-17-28-21(2,3)4/h20,27H,15-19H2,1-14H3. The average Bonchev–Trinajstić information content (AvgIpc) is 2.41. The van der Waals surface area contributed by atoms with Crippen molar-refractivity contribution in [3.05, 3.63) is 0 Å². The SMILES string of the molecule is CC(CC(C)(C)C(C)(C)OCCC(C)(C)O)OC(C)(C)C(C)(C)CCOC(C)(C)C. The third-order valence-electron chi connectivity index (χ3n) is 6.99. The lowest BCUT2D eigenvalue weighted by Crippen LogP contribution is -2.48. The minimum atomic E-state index is -0.705. The first kappa shape index (κ1) is 29.8. The molecule has 0 aromatic carbocycles. The van der Waals surface area contributed by atoms with E-state index in [1.54, 1.807) is 0 Å². The van der Waals surface area contributed by atoms with Crippen molar-refractivity contribution in [1.82, 2.24) is 0 Å². The van der Waals surface area contributed by atoms with E-state index >= 15 is 0 Å². The summed E-state index contributed by atoms with van der Waals surface area (Å²) in [7, 11) is 0. The Kier molecular flexibility index (Phi) is 10.1. The molecule has 1 unspecified atom stereocenters. The molecular formula is C26H54O4. The summed E-state index contributed by atoms with van der Waals surface area (Å²) in [5.41, 5.74) is -1.53. The highest BCUT2D eigenvalue weighted by Gasteiger charge is 2.43. The summed E-state index contributed by atoms with van der Waals surface area (Å²) >= 11 is 0. The minimum absolute atomic E-state index is 0.0185. The van der Waals surface area contributed by atoms with Gasteiger partial charge in [0.15, 0.2) is 0 Å². The van der Waals surface area contributed by atoms with Crippen molar-refractivity contribution >= 4 is 0 Å². The summed E-state index contributed by atoms with van der Waals surface area (Å²) in [6.45, 7) is 31.0. The van der Waals surface area contributed by atoms with E-state index in [4.69, 9.17) is 14.2 Å². The third-order valence-corrected chi connectivity index (χ3v) is 6.99. The lowest BCUT2D eigenvalue weighted by Gasteiger charge is -2.47. The topological polar surface area (TPSA) is 47.9 Å². The average molecular weight is 431 g/mol. The monoisotopic (exact) mass is 430 g/mol. The molecule has 0 aliphatic heterocycles. The Bertz CT molecular complexity index is 458. The Morgan fingerprint density at radius 3 is 1.53 bits per heavy atom. The van der Waals surface area contributed by atoms with Gasteiger partial charge < -0.3 is 19.3 Å². The fraction of sp³-hybridized carbons (Fsp3) is 1.00. The van der Waals surface area contributed by atoms with E-state index in [0.29, 0.717) is 13.0 Å². The van der Waals surface area contributed by atoms with E-state index < -0.39 is 5.60 Å². The molecule has 0 bridgehead atoms. The molecule has 182 valence electrons. The normalized spacial score (nSPS) is 16.1. The summed E-state index contributed by atoms with van der Waals surface area (Å²) in [4.78, 5) is 0. The largest absolute Gasteiger partial charge is 0.390 e. The van der Waals surface area contributed by atoms with Gasteiger partial charge in [0.05, 0.1) is 35.1 Å². The molecule has 0 radical (unpaired) electrons. The fourth-order valence-corrected chi connectivity index (χ4v) is 3.33. The lowest BCUT2D eigenvalue weighted by atomic mass is 9.72. The smallest absolute Gasteiger partial charge is 0.0681 e. The summed E-state index contributed by atoms with van der Waals surface area (Å²) in [5, 5.41) is 9.96. The summed E-state index contributed by atoms with van der Waals surface area (Å²) in [6, 6.07) is 0. The van der Waals surface area contributed by atoms with Gasteiger partial charge in [-0.05, 0) is 99.3 Å². The van der Waals surface area contributed by atoms with Crippen LogP contribution >= 0.6 is 0 Å². The van der Waals surface area contributed by atoms with Gasteiger partial charge in [0, 0.05) is 6.61 Å². The van der Waals surface area contributed by atoms with E-state index in [2.05, 4.69) is 83.1 Å². The van der Waals surface area contributed by atoms with Crippen LogP contribution in [0.15, 0.2) is 0 Å². The van der Waals surface area contributed by atoms with Crippen LogP contribution in [-0.4, -0.2) is 46.8 Å². The highest BCUT2D eigenvalue weighted by atomic mass is 16.5. The van der Waals surface area contributed by atoms with Crippen molar-refractivity contribution in [1.29, 1.82) is 0 Å². The number of ether oxygens (including phenoxy) is 3. The second-order valence-electron chi connectivity index (χ2n) is 13.0. The van der Waals surface area contributed by atoms with Gasteiger partial charge in [-0.3, -0.25) is 0 Å². The molecule has 0 saturated heterocycles. The molecule has 1 atom stereocenters. The second-order valence-corrected chi connectivity index (χ2v) is 13.0. The van der Waals surface area contributed by atoms with Gasteiger partial charge in [-0.2, -0.15) is 0 Å². The van der Waals surface area contributed by atoms with Crippen LogP contribution in [0.2, 0.25) is 0 Å². The van der Waals surface area contributed by atoms with Crippen LogP contribution in [0.3, 0.4) is 0 Å². The molecule has 30 heavy (non-hydrogen) atoms. The van der Waals surface area contributed by atoms with Crippen molar-refractivity contribution < 1.29 is 19.3 Å². The van der Waals surface area contributed by atoms with Crippen LogP contribution in [0.5, 0.6) is 0 Å². The molecule has 4 nitrogen and oxygen atoms in total. The van der Waals surface area contributed by atoms with E-state index in [0.717, 1.165) is 19.4 Å². The quantitative estimate of drug-likeness (QED) is 0.350. The first-order valence-corrected chi connectivity index (χ1v) is 11.7. The first-order chi connectivity index (χ1) is 13.0. The van der Waals surface area contributed by atoms with Gasteiger partial charge in [0.25, 0.3) is 0 Å². The number of rotatable bonds is 13. The molecule has 0 aromatic heterocycles. The predicted molar refractivity (Wildman–Crippen MR) is 128 cm³/mol. The maximum absolute atomic E-state index is 9.96. The Balaban J connectivity index is 4.94. The van der Waals surface area contributed by atoms with Crippen molar-refractivity contribution in [2.45, 2.75) is 145 Å². The zero-order chi connectivity index (χ0) is 24.2. The van der Waals surface area contributed by atoms with Gasteiger partial charge in [0.2, 0.25) is 0 Å². The number of hydrogen-bond acceptors (Lipinski definition) is 4. The van der Waals surface area contributed by atoms with Crippen LogP contribution in [0.4, 0.5) is 0 Å². The number of hydrogen-bond donors (Lipinski definition) is 1. The van der Waals surface area contributed by atoms with Gasteiger partial charge in [-0.1, -0.05) is 27.7 Å². The van der Waals surface area contributed by atoms with Crippen LogP contribution < -0.4 is 0 Å². The van der Waals surface area contributed by atoms with E-state index in [1.165, 1.54) is 0 Å². The van der Waals surface area contributed by atoms with Crippen molar-refractivity contribution in [3.8, 4) is 0 Å². The highest BCUT2D eigenvalue weighted by molar-refractivity contribution is 4.92. The summed E-state index contributed by atoms with van der Waals surface area (Å²) in [6.07, 6.45) is 2.55. The Morgan fingerprint density at radius 1 is 0.633 bits per heavy atom. The van der Waals surface area contributed by atoms with Crippen molar-refractivity contribution in [2.75, 3.05) is 13.2 Å². The fourth-order valence-electron chi connectivity index (χ4n) is 3.33. The Morgan fingerprint density at radius 2 is 1.10 bits per heavy atom. The summed E-state index contributed by atoms with van der Waals surface area (Å²) < 4.78 is 18.8. The van der Waals surface area contributed by atoms with Gasteiger partial charge in [0.1, 0.15) is 0 Å². The van der Waals surface area contributed by atoms with Crippen LogP contribution in [0, 0.1) is 10.8 Å². The van der Waals surface area contributed by atoms with Gasteiger partial charge in [-0.15, -0.1) is 0 Å². The van der Waals surface area contributed by atoms with Crippen LogP contribution in [0.25, 0.3) is 0 Å². The maximum Gasteiger partial charge on any atom is 0.0681 e. The molecule has 4 heteroatoms. The predicted octanol–water partition coefficient (Wildman–Crippen LogP) is 6.77. The third kappa shape index (κ3) is 10.4. The van der Waals surface area contributed by atoms with Crippen LogP contribution in [-0.2, 0) is 14.2 Å². The molecule has 0 spiro atoms. The molecule has 0 aliphatic rings. The van der Waals surface area contributed by atoms with Crippen molar-refractivity contribution in [3.63, 3.8) is 0 Å². The maximum atomic E-state index is 9.96. The Hall–Kier alpha value is -0.160. The zero-order valence-corrected chi connectivity index (χ0v) is 22.8. The first-order valence-electron chi connectivity index (χ1n) is 11.7. The molecule has 0 fully saturated rings. The molecule has 0 amide bonds. The van der Waals surface area contributed by atoms with Crippen molar-refractivity contribution in [2.24, 2.45) is 10.8 Å². The molecule has 1 N–H and O–H groups in total. The molecule has 0 aliphatic carbocycles. The minimum Gasteiger partial charge on any atom is -0.390 e. The van der Waals surface area contributed by atoms with E-state index in [1.807, 2.05) is 13.8 Å². The van der Waals surface area contributed by atoms with Crippen LogP contribution in [0.1, 0.15) is 116 Å². The van der Waals surface area contributed by atoms with Gasteiger partial charge >= 0.3 is 0 Å². The van der Waals surface area contributed by atoms with E-state index in [9.17, 15) is 5.11 Å². The summed E-state index contributed by atoms with van der Waals surface area (Å²) in [5.74, 6) is 0. The van der Waals surface area contributed by atoms with Gasteiger partial charge in [-0.25, -0.2) is 0 Å². The molecule has 0 aromatic rings. The molecule has 0 heterocycles. The van der Waals surface area contributed by atoms with E-state index in [-0.39, 0.29) is 33.7 Å². The molecule has 0 saturated carbocycles. The molecular weight excluding hydrogens is 376 g/mol. The lowest BCUT2D eigenvalue weighted by molar-refractivity contribution is -0.169. The second kappa shape index (κ2) is 10.2. The molecule has 0 rings (SSSR count). The zero-order valence-electron chi connectivity index (χ0n) is 22.8. The highest BCUT2D eigenvalue weighted by Crippen LogP contribution is 2.42. The number of aliphatic hydroxyl groups is 1.